The molecule has 0 saturated carbocycles. The van der Waals surface area contributed by atoms with E-state index in [1.54, 1.807) is 25.2 Å². The first kappa shape index (κ1) is 18.4. The van der Waals surface area contributed by atoms with Gasteiger partial charge < -0.3 is 10.1 Å². The Morgan fingerprint density at radius 2 is 1.86 bits per heavy atom. The molecule has 0 fully saturated rings. The number of hydrogen-bond donors (Lipinski definition) is 1. The number of thiophene rings is 1. The summed E-state index contributed by atoms with van der Waals surface area (Å²) in [6, 6.07) is 1.86. The van der Waals surface area contributed by atoms with E-state index in [4.69, 9.17) is 4.74 Å². The molecule has 1 rings (SSSR count). The molecule has 1 aromatic rings. The third kappa shape index (κ3) is 6.39. The maximum Gasteiger partial charge on any atom is 0.307 e. The number of rotatable bonds is 8. The van der Waals surface area contributed by atoms with Crippen LogP contribution in [0.4, 0.5) is 0 Å². The lowest BCUT2D eigenvalue weighted by atomic mass is 10.1. The lowest BCUT2D eigenvalue weighted by Gasteiger charge is -2.08. The molecule has 22 heavy (non-hydrogen) atoms. The van der Waals surface area contributed by atoms with Crippen molar-refractivity contribution in [3.05, 3.63) is 21.4 Å². The molecule has 5 nitrogen and oxygen atoms in total. The van der Waals surface area contributed by atoms with E-state index in [9.17, 15) is 14.4 Å². The molecule has 0 unspecified atom stereocenters. The van der Waals surface area contributed by atoms with Crippen LogP contribution in [0.2, 0.25) is 0 Å². The largest absolute Gasteiger partial charge is 0.463 e. The first-order valence-electron chi connectivity index (χ1n) is 7.36. The summed E-state index contributed by atoms with van der Waals surface area (Å²) in [4.78, 5) is 37.1. The van der Waals surface area contributed by atoms with Crippen LogP contribution in [-0.2, 0) is 14.3 Å². The summed E-state index contributed by atoms with van der Waals surface area (Å²) in [5.74, 6) is -0.581. The molecule has 1 amide bonds. The maximum atomic E-state index is 12.0. The van der Waals surface area contributed by atoms with Crippen LogP contribution in [0.3, 0.4) is 0 Å². The number of carbonyl (C=O) groups excluding carboxylic acids is 3. The predicted octanol–water partition coefficient (Wildman–Crippen LogP) is 2.79. The van der Waals surface area contributed by atoms with Gasteiger partial charge in [-0.25, -0.2) is 0 Å². The number of amides is 1. The van der Waals surface area contributed by atoms with Crippen molar-refractivity contribution < 1.29 is 19.1 Å². The lowest BCUT2D eigenvalue weighted by molar-refractivity contribution is -0.147. The van der Waals surface area contributed by atoms with Gasteiger partial charge in [0, 0.05) is 34.7 Å². The first-order chi connectivity index (χ1) is 10.3. The lowest BCUT2D eigenvalue weighted by Crippen LogP contribution is -2.27. The molecule has 0 aromatic carbocycles. The van der Waals surface area contributed by atoms with E-state index < -0.39 is 0 Å². The van der Waals surface area contributed by atoms with E-state index in [1.807, 2.05) is 19.9 Å². The summed E-state index contributed by atoms with van der Waals surface area (Å²) in [5, 5.41) is 2.62. The molecule has 0 spiro atoms. The summed E-state index contributed by atoms with van der Waals surface area (Å²) in [7, 11) is 0. The minimum atomic E-state index is -0.337. The Kier molecular flexibility index (Phi) is 7.24. The van der Waals surface area contributed by atoms with Crippen LogP contribution in [-0.4, -0.2) is 30.3 Å². The number of carbonyl (C=O) groups is 3. The fourth-order valence-corrected chi connectivity index (χ4v) is 2.93. The highest BCUT2D eigenvalue weighted by molar-refractivity contribution is 7.12. The van der Waals surface area contributed by atoms with Gasteiger partial charge in [-0.3, -0.25) is 14.4 Å². The first-order valence-corrected chi connectivity index (χ1v) is 8.17. The minimum absolute atomic E-state index is 0.0174. The number of ether oxygens (including phenoxy) is 1. The summed E-state index contributed by atoms with van der Waals surface area (Å²) in [6.45, 7) is 7.64. The zero-order chi connectivity index (χ0) is 16.7. The Hall–Kier alpha value is -1.69. The second-order valence-corrected chi connectivity index (χ2v) is 6.85. The third-order valence-electron chi connectivity index (χ3n) is 2.94. The number of ketones is 1. The second kappa shape index (κ2) is 8.68. The van der Waals surface area contributed by atoms with Crippen molar-refractivity contribution in [2.24, 2.45) is 0 Å². The molecule has 0 radical (unpaired) electrons. The third-order valence-corrected chi connectivity index (χ3v) is 3.90. The SMILES string of the molecule is Cc1cc(C(=O)CCC(=O)NCCC(=O)OC(C)C)c(C)s1. The number of esters is 1. The van der Waals surface area contributed by atoms with Crippen molar-refractivity contribution in [3.63, 3.8) is 0 Å². The normalized spacial score (nSPS) is 10.6. The number of hydrogen-bond acceptors (Lipinski definition) is 5. The monoisotopic (exact) mass is 325 g/mol. The summed E-state index contributed by atoms with van der Waals surface area (Å²) >= 11 is 1.58. The van der Waals surface area contributed by atoms with E-state index in [1.165, 1.54) is 0 Å². The highest BCUT2D eigenvalue weighted by Gasteiger charge is 2.14. The van der Waals surface area contributed by atoms with E-state index in [0.29, 0.717) is 5.56 Å². The smallest absolute Gasteiger partial charge is 0.307 e. The molecule has 0 aliphatic rings. The van der Waals surface area contributed by atoms with E-state index in [2.05, 4.69) is 5.32 Å². The molecule has 0 bridgehead atoms. The number of aryl methyl sites for hydroxylation is 2. The Labute approximate surface area is 135 Å². The van der Waals surface area contributed by atoms with Crippen LogP contribution in [0.25, 0.3) is 0 Å². The van der Waals surface area contributed by atoms with Gasteiger partial charge in [0.1, 0.15) is 0 Å². The van der Waals surface area contributed by atoms with E-state index in [0.717, 1.165) is 9.75 Å². The maximum absolute atomic E-state index is 12.0. The van der Waals surface area contributed by atoms with Crippen LogP contribution >= 0.6 is 11.3 Å². The van der Waals surface area contributed by atoms with Crippen molar-refractivity contribution in [2.75, 3.05) is 6.54 Å². The average Bonchev–Trinajstić information content (AvgIpc) is 2.74. The highest BCUT2D eigenvalue weighted by atomic mass is 32.1. The Morgan fingerprint density at radius 3 is 2.41 bits per heavy atom. The van der Waals surface area contributed by atoms with Gasteiger partial charge in [-0.15, -0.1) is 11.3 Å². The molecule has 0 atom stereocenters. The standard InChI is InChI=1S/C16H23NO4S/c1-10(2)21-16(20)7-8-17-15(19)6-5-14(18)13-9-11(3)22-12(13)4/h9-10H,5-8H2,1-4H3,(H,17,19). The molecule has 1 heterocycles. The summed E-state index contributed by atoms with van der Waals surface area (Å²) in [6.07, 6.45) is 0.296. The van der Waals surface area contributed by atoms with Gasteiger partial charge in [0.25, 0.3) is 0 Å². The summed E-state index contributed by atoms with van der Waals surface area (Å²) < 4.78 is 4.96. The zero-order valence-electron chi connectivity index (χ0n) is 13.5. The van der Waals surface area contributed by atoms with Crippen LogP contribution in [0.15, 0.2) is 6.07 Å². The summed E-state index contributed by atoms with van der Waals surface area (Å²) in [5.41, 5.74) is 0.704. The highest BCUT2D eigenvalue weighted by Crippen LogP contribution is 2.22. The molecular formula is C16H23NO4S. The van der Waals surface area contributed by atoms with Crippen LogP contribution < -0.4 is 5.32 Å². The molecule has 6 heteroatoms. The van der Waals surface area contributed by atoms with Gasteiger partial charge in [-0.1, -0.05) is 0 Å². The molecule has 1 N–H and O–H groups in total. The van der Waals surface area contributed by atoms with Gasteiger partial charge in [-0.05, 0) is 33.8 Å². The Balaban J connectivity index is 2.27. The number of nitrogens with one attached hydrogen (secondary N) is 1. The minimum Gasteiger partial charge on any atom is -0.463 e. The quantitative estimate of drug-likeness (QED) is 0.589. The molecule has 1 aromatic heterocycles. The number of Topliss-reactive ketones (excluding diaryl/α,β-unsaturated/α-hetero) is 1. The zero-order valence-corrected chi connectivity index (χ0v) is 14.3. The van der Waals surface area contributed by atoms with Crippen molar-refractivity contribution in [3.8, 4) is 0 Å². The van der Waals surface area contributed by atoms with Crippen molar-refractivity contribution in [1.29, 1.82) is 0 Å². The Bertz CT molecular complexity index is 548. The van der Waals surface area contributed by atoms with Crippen molar-refractivity contribution in [2.45, 2.75) is 53.1 Å². The van der Waals surface area contributed by atoms with Gasteiger partial charge in [0.05, 0.1) is 12.5 Å². The van der Waals surface area contributed by atoms with Gasteiger partial charge in [-0.2, -0.15) is 0 Å². The van der Waals surface area contributed by atoms with E-state index >= 15 is 0 Å². The van der Waals surface area contributed by atoms with Crippen molar-refractivity contribution >= 4 is 29.0 Å². The molecule has 122 valence electrons. The fraction of sp³-hybridized carbons (Fsp3) is 0.562. The molecule has 0 aliphatic carbocycles. The van der Waals surface area contributed by atoms with Gasteiger partial charge >= 0.3 is 5.97 Å². The second-order valence-electron chi connectivity index (χ2n) is 5.39. The fourth-order valence-electron chi connectivity index (χ4n) is 1.98. The van der Waals surface area contributed by atoms with Crippen molar-refractivity contribution in [1.82, 2.24) is 5.32 Å². The van der Waals surface area contributed by atoms with Crippen LogP contribution in [0, 0.1) is 13.8 Å². The topological polar surface area (TPSA) is 72.5 Å². The predicted molar refractivity (Wildman–Crippen MR) is 86.2 cm³/mol. The molecule has 0 aliphatic heterocycles. The van der Waals surface area contributed by atoms with E-state index in [-0.39, 0.29) is 49.6 Å². The van der Waals surface area contributed by atoms with Gasteiger partial charge in [0.2, 0.25) is 5.91 Å². The molecular weight excluding hydrogens is 302 g/mol. The van der Waals surface area contributed by atoms with Crippen LogP contribution in [0.5, 0.6) is 0 Å². The Morgan fingerprint density at radius 1 is 1.18 bits per heavy atom. The van der Waals surface area contributed by atoms with Crippen LogP contribution in [0.1, 0.15) is 53.2 Å². The average molecular weight is 325 g/mol. The molecule has 0 saturated heterocycles. The van der Waals surface area contributed by atoms with Gasteiger partial charge in [0.15, 0.2) is 5.78 Å².